The molecule has 0 unspecified atom stereocenters. The molecule has 0 aliphatic carbocycles. The highest BCUT2D eigenvalue weighted by Crippen LogP contribution is 2.31. The molecule has 2 aromatic carbocycles. The molecule has 17 heavy (non-hydrogen) atoms. The summed E-state index contributed by atoms with van der Waals surface area (Å²) in [4.78, 5) is 0. The van der Waals surface area contributed by atoms with E-state index in [0.29, 0.717) is 5.92 Å². The van der Waals surface area contributed by atoms with E-state index in [1.807, 2.05) is 12.1 Å². The van der Waals surface area contributed by atoms with Crippen LogP contribution in [0.3, 0.4) is 0 Å². The highest BCUT2D eigenvalue weighted by Gasteiger charge is 2.10. The molecule has 1 aromatic heterocycles. The number of furan rings is 1. The van der Waals surface area contributed by atoms with Gasteiger partial charge in [-0.3, -0.25) is 0 Å². The van der Waals surface area contributed by atoms with E-state index in [-0.39, 0.29) is 0 Å². The maximum absolute atomic E-state index is 5.98. The zero-order chi connectivity index (χ0) is 11.8. The topological polar surface area (TPSA) is 13.1 Å². The molecule has 0 amide bonds. The van der Waals surface area contributed by atoms with Crippen molar-refractivity contribution in [1.82, 2.24) is 0 Å². The molecule has 1 nitrogen and oxygen atoms in total. The third-order valence-electron chi connectivity index (χ3n) is 3.11. The van der Waals surface area contributed by atoms with Crippen molar-refractivity contribution in [2.24, 2.45) is 5.92 Å². The van der Waals surface area contributed by atoms with Gasteiger partial charge in [0.2, 0.25) is 0 Å². The van der Waals surface area contributed by atoms with Gasteiger partial charge in [-0.2, -0.15) is 0 Å². The van der Waals surface area contributed by atoms with Gasteiger partial charge in [-0.1, -0.05) is 50.2 Å². The maximum Gasteiger partial charge on any atom is 0.138 e. The largest absolute Gasteiger partial charge is 0.456 e. The third kappa shape index (κ3) is 1.72. The van der Waals surface area contributed by atoms with Gasteiger partial charge < -0.3 is 4.42 Å². The lowest BCUT2D eigenvalue weighted by molar-refractivity contribution is 0.623. The molecule has 86 valence electrons. The van der Waals surface area contributed by atoms with Crippen LogP contribution in [0.2, 0.25) is 0 Å². The smallest absolute Gasteiger partial charge is 0.138 e. The molecule has 1 heteroatoms. The molecular weight excluding hydrogens is 208 g/mol. The number of benzene rings is 2. The van der Waals surface area contributed by atoms with Gasteiger partial charge in [0.15, 0.2) is 0 Å². The Balaban J connectivity index is 2.31. The predicted molar refractivity (Wildman–Crippen MR) is 72.3 cm³/mol. The summed E-state index contributed by atoms with van der Waals surface area (Å²) in [5.41, 5.74) is 3.36. The molecule has 3 aromatic rings. The van der Waals surface area contributed by atoms with Crippen molar-refractivity contribution in [3.05, 3.63) is 48.0 Å². The minimum Gasteiger partial charge on any atom is -0.456 e. The predicted octanol–water partition coefficient (Wildman–Crippen LogP) is 4.78. The fourth-order valence-corrected chi connectivity index (χ4v) is 2.41. The van der Waals surface area contributed by atoms with Gasteiger partial charge in [0.05, 0.1) is 0 Å². The fourth-order valence-electron chi connectivity index (χ4n) is 2.41. The molecular formula is C16H16O. The van der Waals surface area contributed by atoms with Gasteiger partial charge in [-0.15, -0.1) is 0 Å². The Morgan fingerprint density at radius 1 is 0.941 bits per heavy atom. The van der Waals surface area contributed by atoms with E-state index in [4.69, 9.17) is 4.42 Å². The molecule has 3 rings (SSSR count). The lowest BCUT2D eigenvalue weighted by atomic mass is 10.0. The van der Waals surface area contributed by atoms with Crippen LogP contribution in [-0.4, -0.2) is 0 Å². The molecule has 0 radical (unpaired) electrons. The lowest BCUT2D eigenvalue weighted by Gasteiger charge is -2.04. The summed E-state index contributed by atoms with van der Waals surface area (Å²) in [6, 6.07) is 14.7. The maximum atomic E-state index is 5.98. The molecule has 0 saturated heterocycles. The van der Waals surface area contributed by atoms with Gasteiger partial charge in [-0.05, 0) is 24.0 Å². The Kier molecular flexibility index (Phi) is 2.40. The van der Waals surface area contributed by atoms with Gasteiger partial charge in [-0.25, -0.2) is 0 Å². The quantitative estimate of drug-likeness (QED) is 0.610. The highest BCUT2D eigenvalue weighted by atomic mass is 16.3. The summed E-state index contributed by atoms with van der Waals surface area (Å²) < 4.78 is 5.98. The van der Waals surface area contributed by atoms with Crippen LogP contribution in [0.4, 0.5) is 0 Å². The van der Waals surface area contributed by atoms with Gasteiger partial charge >= 0.3 is 0 Å². The lowest BCUT2D eigenvalue weighted by Crippen LogP contribution is -1.93. The van der Waals surface area contributed by atoms with E-state index in [9.17, 15) is 0 Å². The summed E-state index contributed by atoms with van der Waals surface area (Å²) in [6.07, 6.45) is 1.07. The number of hydrogen-bond acceptors (Lipinski definition) is 1. The molecule has 0 aliphatic heterocycles. The third-order valence-corrected chi connectivity index (χ3v) is 3.11. The van der Waals surface area contributed by atoms with Gasteiger partial charge in [0.25, 0.3) is 0 Å². The van der Waals surface area contributed by atoms with Gasteiger partial charge in [0.1, 0.15) is 11.2 Å². The van der Waals surface area contributed by atoms with E-state index in [1.54, 1.807) is 0 Å². The van der Waals surface area contributed by atoms with Crippen LogP contribution in [-0.2, 0) is 6.42 Å². The van der Waals surface area contributed by atoms with Crippen LogP contribution in [0.1, 0.15) is 19.4 Å². The number of hydrogen-bond donors (Lipinski definition) is 0. The van der Waals surface area contributed by atoms with E-state index in [2.05, 4.69) is 44.2 Å². The second kappa shape index (κ2) is 3.92. The first-order chi connectivity index (χ1) is 8.25. The Morgan fingerprint density at radius 2 is 1.71 bits per heavy atom. The average molecular weight is 224 g/mol. The zero-order valence-electron chi connectivity index (χ0n) is 10.2. The van der Waals surface area contributed by atoms with Crippen LogP contribution in [0.25, 0.3) is 21.9 Å². The van der Waals surface area contributed by atoms with Crippen molar-refractivity contribution in [3.63, 3.8) is 0 Å². The number of para-hydroxylation sites is 2. The van der Waals surface area contributed by atoms with E-state index in [1.165, 1.54) is 16.3 Å². The SMILES string of the molecule is CC(C)Cc1cccc2c1oc1ccccc12. The number of fused-ring (bicyclic) bond motifs is 3. The normalized spacial score (nSPS) is 11.7. The monoisotopic (exact) mass is 224 g/mol. The van der Waals surface area contributed by atoms with E-state index in [0.717, 1.165) is 17.6 Å². The van der Waals surface area contributed by atoms with Crippen LogP contribution >= 0.6 is 0 Å². The van der Waals surface area contributed by atoms with Crippen molar-refractivity contribution in [2.75, 3.05) is 0 Å². The Bertz CT molecular complexity index is 661. The average Bonchev–Trinajstić information content (AvgIpc) is 2.68. The van der Waals surface area contributed by atoms with Crippen molar-refractivity contribution in [2.45, 2.75) is 20.3 Å². The van der Waals surface area contributed by atoms with Crippen LogP contribution in [0.15, 0.2) is 46.9 Å². The molecule has 0 saturated carbocycles. The van der Waals surface area contributed by atoms with Crippen LogP contribution in [0.5, 0.6) is 0 Å². The Hall–Kier alpha value is -1.76. The Labute approximate surface area is 101 Å². The second-order valence-electron chi connectivity index (χ2n) is 4.99. The summed E-state index contributed by atoms with van der Waals surface area (Å²) in [5.74, 6) is 0.647. The van der Waals surface area contributed by atoms with Crippen molar-refractivity contribution in [3.8, 4) is 0 Å². The standard InChI is InChI=1S/C16H16O/c1-11(2)10-12-6-5-8-14-13-7-3-4-9-15(13)17-16(12)14/h3-9,11H,10H2,1-2H3. The van der Waals surface area contributed by atoms with Crippen molar-refractivity contribution in [1.29, 1.82) is 0 Å². The fraction of sp³-hybridized carbons (Fsp3) is 0.250. The minimum atomic E-state index is 0.647. The highest BCUT2D eigenvalue weighted by molar-refractivity contribution is 6.05. The molecule has 0 fully saturated rings. The minimum absolute atomic E-state index is 0.647. The zero-order valence-corrected chi connectivity index (χ0v) is 10.2. The van der Waals surface area contributed by atoms with Crippen molar-refractivity contribution >= 4 is 21.9 Å². The number of rotatable bonds is 2. The van der Waals surface area contributed by atoms with Crippen LogP contribution in [0, 0.1) is 5.92 Å². The molecule has 0 spiro atoms. The molecule has 0 bridgehead atoms. The molecule has 0 N–H and O–H groups in total. The molecule has 1 heterocycles. The second-order valence-corrected chi connectivity index (χ2v) is 4.99. The summed E-state index contributed by atoms with van der Waals surface area (Å²) in [7, 11) is 0. The van der Waals surface area contributed by atoms with Crippen LogP contribution < -0.4 is 0 Å². The first-order valence-electron chi connectivity index (χ1n) is 6.15. The first kappa shape index (κ1) is 10.4. The summed E-state index contributed by atoms with van der Waals surface area (Å²) in [5, 5.41) is 2.45. The molecule has 0 aliphatic rings. The summed E-state index contributed by atoms with van der Waals surface area (Å²) >= 11 is 0. The van der Waals surface area contributed by atoms with E-state index < -0.39 is 0 Å². The van der Waals surface area contributed by atoms with Crippen molar-refractivity contribution < 1.29 is 4.42 Å². The van der Waals surface area contributed by atoms with Gasteiger partial charge in [0, 0.05) is 10.8 Å². The first-order valence-corrected chi connectivity index (χ1v) is 6.15. The Morgan fingerprint density at radius 3 is 2.53 bits per heavy atom. The summed E-state index contributed by atoms with van der Waals surface area (Å²) in [6.45, 7) is 4.48. The molecule has 0 atom stereocenters. The van der Waals surface area contributed by atoms with E-state index >= 15 is 0 Å².